The molecule has 1 heterocycles. The molecule has 7 nitrogen and oxygen atoms in total. The van der Waals surface area contributed by atoms with Crippen molar-refractivity contribution in [2.45, 2.75) is 36.2 Å². The van der Waals surface area contributed by atoms with Gasteiger partial charge in [0.25, 0.3) is 0 Å². The van der Waals surface area contributed by atoms with Crippen LogP contribution in [0, 0.1) is 11.3 Å². The Morgan fingerprint density at radius 1 is 1.21 bits per heavy atom. The molecule has 1 saturated heterocycles. The molecule has 1 unspecified atom stereocenters. The topological polar surface area (TPSA) is 117 Å². The number of rotatable bonds is 7. The van der Waals surface area contributed by atoms with Gasteiger partial charge in [0.2, 0.25) is 10.0 Å². The maximum absolute atomic E-state index is 11.5. The minimum Gasteiger partial charge on any atom is -0.382 e. The predicted octanol–water partition coefficient (Wildman–Crippen LogP) is 2.52. The van der Waals surface area contributed by atoms with Crippen molar-refractivity contribution in [1.82, 2.24) is 5.32 Å². The lowest BCUT2D eigenvalue weighted by molar-refractivity contribution is 0.0389. The molecule has 8 heteroatoms. The van der Waals surface area contributed by atoms with Crippen LogP contribution in [-0.4, -0.2) is 33.7 Å². The Balaban J connectivity index is 1.78. The molecular formula is C21H26N4O3S. The highest BCUT2D eigenvalue weighted by Gasteiger charge is 2.34. The van der Waals surface area contributed by atoms with E-state index < -0.39 is 10.0 Å². The summed E-state index contributed by atoms with van der Waals surface area (Å²) in [4.78, 5) is -0.0730. The number of sulfonamides is 1. The molecule has 0 aliphatic carbocycles. The van der Waals surface area contributed by atoms with Gasteiger partial charge in [-0.05, 0) is 43.5 Å². The average Bonchev–Trinajstić information content (AvgIpc) is 2.73. The van der Waals surface area contributed by atoms with Gasteiger partial charge in [0, 0.05) is 31.3 Å². The molecule has 2 aromatic rings. The van der Waals surface area contributed by atoms with Crippen LogP contribution < -0.4 is 15.8 Å². The second kappa shape index (κ2) is 8.93. The summed E-state index contributed by atoms with van der Waals surface area (Å²) in [7, 11) is -3.85. The zero-order valence-electron chi connectivity index (χ0n) is 16.4. The summed E-state index contributed by atoms with van der Waals surface area (Å²) >= 11 is 0. The maximum Gasteiger partial charge on any atom is 0.238 e. The zero-order valence-corrected chi connectivity index (χ0v) is 17.2. The van der Waals surface area contributed by atoms with Gasteiger partial charge in [-0.25, -0.2) is 13.6 Å². The molecule has 2 aromatic carbocycles. The molecule has 1 fully saturated rings. The largest absolute Gasteiger partial charge is 0.382 e. The number of nitrogens with zero attached hydrogens (tertiary/aromatic N) is 1. The normalized spacial score (nSPS) is 17.3. The minimum atomic E-state index is -3.85. The third-order valence-electron chi connectivity index (χ3n) is 5.33. The maximum atomic E-state index is 11.5. The molecule has 0 saturated carbocycles. The summed E-state index contributed by atoms with van der Waals surface area (Å²) in [5.41, 5.74) is 1.82. The zero-order chi connectivity index (χ0) is 20.9. The van der Waals surface area contributed by atoms with Crippen molar-refractivity contribution in [3.8, 4) is 6.07 Å². The summed E-state index contributed by atoms with van der Waals surface area (Å²) in [5.74, 6) is 0. The van der Waals surface area contributed by atoms with E-state index in [1.165, 1.54) is 17.7 Å². The van der Waals surface area contributed by atoms with Gasteiger partial charge in [-0.15, -0.1) is 0 Å². The SMILES string of the molecule is CC(NC1(CNc2ccc(S(N)(=O)=O)cc2C#N)CCOCC1)c1ccccc1. The van der Waals surface area contributed by atoms with Crippen molar-refractivity contribution in [3.05, 3.63) is 59.7 Å². The molecule has 0 aromatic heterocycles. The molecule has 4 N–H and O–H groups in total. The smallest absolute Gasteiger partial charge is 0.238 e. The number of anilines is 1. The van der Waals surface area contributed by atoms with E-state index in [1.54, 1.807) is 6.07 Å². The monoisotopic (exact) mass is 414 g/mol. The van der Waals surface area contributed by atoms with Crippen LogP contribution in [0.4, 0.5) is 5.69 Å². The number of nitrogens with one attached hydrogen (secondary N) is 2. The van der Waals surface area contributed by atoms with E-state index in [9.17, 15) is 13.7 Å². The number of hydrogen-bond acceptors (Lipinski definition) is 6. The van der Waals surface area contributed by atoms with E-state index in [1.807, 2.05) is 24.3 Å². The molecular weight excluding hydrogens is 388 g/mol. The lowest BCUT2D eigenvalue weighted by atomic mass is 9.88. The van der Waals surface area contributed by atoms with E-state index in [-0.39, 0.29) is 22.0 Å². The van der Waals surface area contributed by atoms with Gasteiger partial charge in [-0.3, -0.25) is 0 Å². The lowest BCUT2D eigenvalue weighted by Crippen LogP contribution is -2.54. The first-order valence-corrected chi connectivity index (χ1v) is 11.1. The Labute approximate surface area is 171 Å². The number of ether oxygens (including phenoxy) is 1. The van der Waals surface area contributed by atoms with Crippen LogP contribution in [0.25, 0.3) is 0 Å². The van der Waals surface area contributed by atoms with Crippen molar-refractivity contribution >= 4 is 15.7 Å². The van der Waals surface area contributed by atoms with Gasteiger partial charge in [0.15, 0.2) is 0 Å². The fraction of sp³-hybridized carbons (Fsp3) is 0.381. The molecule has 3 rings (SSSR count). The molecule has 154 valence electrons. The van der Waals surface area contributed by atoms with Crippen molar-refractivity contribution in [1.29, 1.82) is 5.26 Å². The van der Waals surface area contributed by atoms with Crippen molar-refractivity contribution in [2.24, 2.45) is 5.14 Å². The van der Waals surface area contributed by atoms with Crippen LogP contribution in [0.1, 0.15) is 36.9 Å². The Morgan fingerprint density at radius 2 is 1.90 bits per heavy atom. The molecule has 29 heavy (non-hydrogen) atoms. The van der Waals surface area contributed by atoms with Crippen LogP contribution in [-0.2, 0) is 14.8 Å². The average molecular weight is 415 g/mol. The van der Waals surface area contributed by atoms with E-state index in [2.05, 4.69) is 29.7 Å². The fourth-order valence-electron chi connectivity index (χ4n) is 3.63. The lowest BCUT2D eigenvalue weighted by Gasteiger charge is -2.41. The summed E-state index contributed by atoms with van der Waals surface area (Å²) in [6.45, 7) is 4.03. The Morgan fingerprint density at radius 3 is 2.52 bits per heavy atom. The summed E-state index contributed by atoms with van der Waals surface area (Å²) in [5, 5.41) is 21.7. The quantitative estimate of drug-likeness (QED) is 0.641. The van der Waals surface area contributed by atoms with Crippen molar-refractivity contribution < 1.29 is 13.2 Å². The molecule has 0 amide bonds. The molecule has 1 aliphatic heterocycles. The van der Waals surface area contributed by atoms with Gasteiger partial charge < -0.3 is 15.4 Å². The van der Waals surface area contributed by atoms with Crippen LogP contribution in [0.5, 0.6) is 0 Å². The summed E-state index contributed by atoms with van der Waals surface area (Å²) < 4.78 is 28.7. The van der Waals surface area contributed by atoms with Gasteiger partial charge in [0.05, 0.1) is 16.1 Å². The van der Waals surface area contributed by atoms with E-state index in [0.717, 1.165) is 12.8 Å². The van der Waals surface area contributed by atoms with Gasteiger partial charge in [0.1, 0.15) is 6.07 Å². The third kappa shape index (κ3) is 5.34. The first kappa shape index (κ1) is 21.3. The van der Waals surface area contributed by atoms with Crippen LogP contribution in [0.3, 0.4) is 0 Å². The van der Waals surface area contributed by atoms with Crippen LogP contribution in [0.2, 0.25) is 0 Å². The highest BCUT2D eigenvalue weighted by Crippen LogP contribution is 2.27. The number of nitrogens with two attached hydrogens (primary N) is 1. The minimum absolute atomic E-state index is 0.0730. The Bertz CT molecular complexity index is 981. The van der Waals surface area contributed by atoms with Crippen LogP contribution >= 0.6 is 0 Å². The summed E-state index contributed by atoms with van der Waals surface area (Å²) in [6.07, 6.45) is 1.66. The van der Waals surface area contributed by atoms with Gasteiger partial charge >= 0.3 is 0 Å². The highest BCUT2D eigenvalue weighted by atomic mass is 32.2. The molecule has 0 bridgehead atoms. The first-order valence-electron chi connectivity index (χ1n) is 9.54. The molecule has 0 spiro atoms. The number of nitriles is 1. The van der Waals surface area contributed by atoms with Gasteiger partial charge in [-0.2, -0.15) is 5.26 Å². The Kier molecular flexibility index (Phi) is 6.55. The molecule has 1 atom stereocenters. The number of primary sulfonamides is 1. The summed E-state index contributed by atoms with van der Waals surface area (Å²) in [6, 6.07) is 16.7. The number of benzene rings is 2. The molecule has 1 aliphatic rings. The van der Waals surface area contributed by atoms with Crippen molar-refractivity contribution in [2.75, 3.05) is 25.1 Å². The second-order valence-electron chi connectivity index (χ2n) is 7.39. The van der Waals surface area contributed by atoms with Crippen LogP contribution in [0.15, 0.2) is 53.4 Å². The second-order valence-corrected chi connectivity index (χ2v) is 8.95. The predicted molar refractivity (Wildman–Crippen MR) is 112 cm³/mol. The standard InChI is InChI=1S/C21H26N4O3S/c1-16(17-5-3-2-4-6-17)25-21(9-11-28-12-10-21)15-24-20-8-7-19(29(23,26)27)13-18(20)14-22/h2-8,13,16,24-25H,9-12,15H2,1H3,(H2,23,26,27). The molecule has 0 radical (unpaired) electrons. The highest BCUT2D eigenvalue weighted by molar-refractivity contribution is 7.89. The first-order chi connectivity index (χ1) is 13.8. The third-order valence-corrected chi connectivity index (χ3v) is 6.24. The number of hydrogen-bond donors (Lipinski definition) is 3. The fourth-order valence-corrected chi connectivity index (χ4v) is 4.17. The van der Waals surface area contributed by atoms with E-state index >= 15 is 0 Å². The van der Waals surface area contributed by atoms with E-state index in [0.29, 0.717) is 25.4 Å². The van der Waals surface area contributed by atoms with Crippen molar-refractivity contribution in [3.63, 3.8) is 0 Å². The van der Waals surface area contributed by atoms with Gasteiger partial charge in [-0.1, -0.05) is 30.3 Å². The van der Waals surface area contributed by atoms with E-state index in [4.69, 9.17) is 9.88 Å². The Hall–Kier alpha value is -2.44.